The van der Waals surface area contributed by atoms with Crippen LogP contribution in [0.4, 0.5) is 0 Å². The molecule has 0 bridgehead atoms. The lowest BCUT2D eigenvalue weighted by atomic mass is 9.95. The van der Waals surface area contributed by atoms with Crippen LogP contribution in [0.5, 0.6) is 0 Å². The summed E-state index contributed by atoms with van der Waals surface area (Å²) in [5.41, 5.74) is 7.58. The third kappa shape index (κ3) is 3.59. The van der Waals surface area contributed by atoms with E-state index in [0.717, 1.165) is 18.8 Å². The van der Waals surface area contributed by atoms with Crippen molar-refractivity contribution in [1.29, 1.82) is 0 Å². The van der Waals surface area contributed by atoms with Crippen LogP contribution in [0.15, 0.2) is 16.7 Å². The summed E-state index contributed by atoms with van der Waals surface area (Å²) in [4.78, 5) is 2.38. The molecule has 0 amide bonds. The van der Waals surface area contributed by atoms with Gasteiger partial charge in [0.25, 0.3) is 0 Å². The van der Waals surface area contributed by atoms with Crippen LogP contribution >= 0.6 is 0 Å². The van der Waals surface area contributed by atoms with Gasteiger partial charge >= 0.3 is 0 Å². The van der Waals surface area contributed by atoms with Crippen LogP contribution in [-0.2, 0) is 6.54 Å². The zero-order valence-corrected chi connectivity index (χ0v) is 11.7. The molecule has 1 fully saturated rings. The highest BCUT2D eigenvalue weighted by molar-refractivity contribution is 5.14. The molecule has 18 heavy (non-hydrogen) atoms. The minimum atomic E-state index is 0.389. The van der Waals surface area contributed by atoms with Crippen LogP contribution in [0.25, 0.3) is 0 Å². The van der Waals surface area contributed by atoms with E-state index in [1.54, 1.807) is 6.26 Å². The van der Waals surface area contributed by atoms with Crippen LogP contribution in [-0.4, -0.2) is 24.5 Å². The molecule has 1 aromatic heterocycles. The van der Waals surface area contributed by atoms with Gasteiger partial charge in [-0.15, -0.1) is 0 Å². The van der Waals surface area contributed by atoms with E-state index in [1.807, 2.05) is 6.92 Å². The molecule has 3 heteroatoms. The van der Waals surface area contributed by atoms with Crippen molar-refractivity contribution in [3.63, 3.8) is 0 Å². The molecule has 1 heterocycles. The average Bonchev–Trinajstić information content (AvgIpc) is 2.61. The molecule has 1 aromatic rings. The highest BCUT2D eigenvalue weighted by Crippen LogP contribution is 2.23. The van der Waals surface area contributed by atoms with Gasteiger partial charge < -0.3 is 15.1 Å². The monoisotopic (exact) mass is 250 g/mol. The molecule has 0 aromatic carbocycles. The molecular weight excluding hydrogens is 224 g/mol. The van der Waals surface area contributed by atoms with Gasteiger partial charge in [-0.2, -0.15) is 0 Å². The lowest BCUT2D eigenvalue weighted by molar-refractivity contribution is 0.236. The van der Waals surface area contributed by atoms with Crippen molar-refractivity contribution in [3.8, 4) is 0 Å². The zero-order valence-electron chi connectivity index (χ0n) is 11.7. The van der Waals surface area contributed by atoms with Gasteiger partial charge in [-0.1, -0.05) is 19.3 Å². The Kier molecular flexibility index (Phi) is 4.84. The van der Waals surface area contributed by atoms with Crippen molar-refractivity contribution < 1.29 is 4.42 Å². The molecule has 2 N–H and O–H groups in total. The number of hydrogen-bond donors (Lipinski definition) is 1. The second-order valence-electron chi connectivity index (χ2n) is 5.76. The summed E-state index contributed by atoms with van der Waals surface area (Å²) in [5.74, 6) is 1.69. The summed E-state index contributed by atoms with van der Waals surface area (Å²) >= 11 is 0. The molecular formula is C15H26N2O. The first-order chi connectivity index (χ1) is 8.66. The van der Waals surface area contributed by atoms with E-state index in [-0.39, 0.29) is 0 Å². The van der Waals surface area contributed by atoms with Crippen LogP contribution in [0.2, 0.25) is 0 Å². The number of rotatable bonds is 4. The summed E-state index contributed by atoms with van der Waals surface area (Å²) in [6, 6.07) is 2.46. The Hall–Kier alpha value is -0.800. The molecule has 2 unspecified atom stereocenters. The van der Waals surface area contributed by atoms with E-state index in [9.17, 15) is 0 Å². The molecule has 3 nitrogen and oxygen atoms in total. The molecule has 0 aliphatic heterocycles. The quantitative estimate of drug-likeness (QED) is 0.835. The summed E-state index contributed by atoms with van der Waals surface area (Å²) in [7, 11) is 2.18. The maximum Gasteiger partial charge on any atom is 0.105 e. The predicted molar refractivity (Wildman–Crippen MR) is 74.3 cm³/mol. The van der Waals surface area contributed by atoms with Crippen molar-refractivity contribution in [2.75, 3.05) is 13.6 Å². The first-order valence-electron chi connectivity index (χ1n) is 7.14. The number of aryl methyl sites for hydroxylation is 1. The SMILES string of the molecule is Cc1occc1CN(C)CC1CCCCCC1N. The predicted octanol–water partition coefficient (Wildman–Crippen LogP) is 2.93. The van der Waals surface area contributed by atoms with Gasteiger partial charge in [-0.25, -0.2) is 0 Å². The Labute approximate surface area is 110 Å². The number of furan rings is 1. The molecule has 0 saturated heterocycles. The maximum atomic E-state index is 6.29. The molecule has 1 aliphatic carbocycles. The van der Waals surface area contributed by atoms with Crippen molar-refractivity contribution in [1.82, 2.24) is 4.90 Å². The van der Waals surface area contributed by atoms with Gasteiger partial charge in [0.1, 0.15) is 5.76 Å². The second-order valence-corrected chi connectivity index (χ2v) is 5.76. The largest absolute Gasteiger partial charge is 0.469 e. The third-order valence-electron chi connectivity index (χ3n) is 4.17. The molecule has 2 atom stereocenters. The van der Waals surface area contributed by atoms with Crippen molar-refractivity contribution in [2.45, 2.75) is 51.6 Å². The fraction of sp³-hybridized carbons (Fsp3) is 0.733. The Bertz CT molecular complexity index is 361. The van der Waals surface area contributed by atoms with Gasteiger partial charge in [0.05, 0.1) is 6.26 Å². The Morgan fingerprint density at radius 1 is 1.33 bits per heavy atom. The number of hydrogen-bond acceptors (Lipinski definition) is 3. The fourth-order valence-corrected chi connectivity index (χ4v) is 2.97. The third-order valence-corrected chi connectivity index (χ3v) is 4.17. The Morgan fingerprint density at radius 3 is 2.83 bits per heavy atom. The smallest absolute Gasteiger partial charge is 0.105 e. The molecule has 1 saturated carbocycles. The Morgan fingerprint density at radius 2 is 2.11 bits per heavy atom. The van der Waals surface area contributed by atoms with E-state index < -0.39 is 0 Å². The van der Waals surface area contributed by atoms with E-state index in [4.69, 9.17) is 10.2 Å². The minimum Gasteiger partial charge on any atom is -0.469 e. The first kappa shape index (κ1) is 13.6. The lowest BCUT2D eigenvalue weighted by Gasteiger charge is -2.27. The van der Waals surface area contributed by atoms with Gasteiger partial charge in [0.15, 0.2) is 0 Å². The second kappa shape index (κ2) is 6.39. The summed E-state index contributed by atoms with van der Waals surface area (Å²) in [5, 5.41) is 0. The molecule has 102 valence electrons. The number of nitrogens with zero attached hydrogens (tertiary/aromatic N) is 1. The maximum absolute atomic E-state index is 6.29. The molecule has 1 aliphatic rings. The average molecular weight is 250 g/mol. The highest BCUT2D eigenvalue weighted by atomic mass is 16.3. The van der Waals surface area contributed by atoms with Crippen molar-refractivity contribution in [2.24, 2.45) is 11.7 Å². The van der Waals surface area contributed by atoms with Crippen molar-refractivity contribution >= 4 is 0 Å². The lowest BCUT2D eigenvalue weighted by Crippen LogP contribution is -2.37. The standard InChI is InChI=1S/C15H26N2O/c1-12-13(8-9-18-12)10-17(2)11-14-6-4-3-5-7-15(14)16/h8-9,14-15H,3-7,10-11,16H2,1-2H3. The molecule has 2 rings (SSSR count). The van der Waals surface area contributed by atoms with Gasteiger partial charge in [-0.05, 0) is 38.8 Å². The Balaban J connectivity index is 1.86. The zero-order chi connectivity index (χ0) is 13.0. The van der Waals surface area contributed by atoms with E-state index in [2.05, 4.69) is 18.0 Å². The summed E-state index contributed by atoms with van der Waals surface area (Å²) < 4.78 is 5.35. The van der Waals surface area contributed by atoms with Gasteiger partial charge in [0.2, 0.25) is 0 Å². The summed E-state index contributed by atoms with van der Waals surface area (Å²) in [6.07, 6.45) is 8.27. The van der Waals surface area contributed by atoms with Gasteiger partial charge in [-0.3, -0.25) is 0 Å². The topological polar surface area (TPSA) is 42.4 Å². The molecule has 0 radical (unpaired) electrons. The van der Waals surface area contributed by atoms with Crippen LogP contribution in [0.1, 0.15) is 43.4 Å². The van der Waals surface area contributed by atoms with E-state index >= 15 is 0 Å². The minimum absolute atomic E-state index is 0.389. The van der Waals surface area contributed by atoms with Crippen LogP contribution in [0, 0.1) is 12.8 Å². The van der Waals surface area contributed by atoms with Gasteiger partial charge in [0, 0.05) is 24.7 Å². The number of nitrogens with two attached hydrogens (primary N) is 1. The van der Waals surface area contributed by atoms with E-state index in [0.29, 0.717) is 12.0 Å². The van der Waals surface area contributed by atoms with Crippen molar-refractivity contribution in [3.05, 3.63) is 23.7 Å². The fourth-order valence-electron chi connectivity index (χ4n) is 2.97. The normalized spacial score (nSPS) is 25.3. The van der Waals surface area contributed by atoms with E-state index in [1.165, 1.54) is 37.7 Å². The summed E-state index contributed by atoms with van der Waals surface area (Å²) in [6.45, 7) is 4.10. The van der Waals surface area contributed by atoms with Crippen LogP contribution in [0.3, 0.4) is 0 Å². The first-order valence-corrected chi connectivity index (χ1v) is 7.14. The molecule has 0 spiro atoms. The van der Waals surface area contributed by atoms with Crippen LogP contribution < -0.4 is 5.73 Å². The highest BCUT2D eigenvalue weighted by Gasteiger charge is 2.21.